The van der Waals surface area contributed by atoms with E-state index >= 15 is 0 Å². The van der Waals surface area contributed by atoms with Crippen LogP contribution in [0.3, 0.4) is 0 Å². The molecule has 18 heavy (non-hydrogen) atoms. The molecule has 4 heteroatoms. The lowest BCUT2D eigenvalue weighted by atomic mass is 10.2. The molecule has 0 radical (unpaired) electrons. The van der Waals surface area contributed by atoms with Gasteiger partial charge in [-0.25, -0.2) is 0 Å². The molecule has 1 N–H and O–H groups in total. The van der Waals surface area contributed by atoms with Gasteiger partial charge in [0, 0.05) is 26.0 Å². The molecule has 1 aromatic carbocycles. The zero-order valence-corrected chi connectivity index (χ0v) is 13.1. The number of anilines is 1. The molecular weight excluding hydrogens is 310 g/mol. The smallest absolute Gasteiger partial charge is 0.122 e. The van der Waals surface area contributed by atoms with Crippen LogP contribution in [0.4, 0.5) is 5.69 Å². The van der Waals surface area contributed by atoms with E-state index in [0.29, 0.717) is 6.04 Å². The Balaban J connectivity index is 2.16. The maximum absolute atomic E-state index is 5.26. The van der Waals surface area contributed by atoms with E-state index in [2.05, 4.69) is 53.3 Å². The van der Waals surface area contributed by atoms with Crippen LogP contribution in [0.15, 0.2) is 34.8 Å². The van der Waals surface area contributed by atoms with Gasteiger partial charge in [0.1, 0.15) is 5.75 Å². The first-order valence-corrected chi connectivity index (χ1v) is 7.37. The maximum atomic E-state index is 5.26. The van der Waals surface area contributed by atoms with Crippen LogP contribution >= 0.6 is 27.3 Å². The summed E-state index contributed by atoms with van der Waals surface area (Å²) >= 11 is 5.31. The minimum absolute atomic E-state index is 0.294. The number of nitrogens with one attached hydrogen (secondary N) is 1. The van der Waals surface area contributed by atoms with E-state index in [1.54, 1.807) is 7.11 Å². The van der Waals surface area contributed by atoms with Gasteiger partial charge in [-0.2, -0.15) is 0 Å². The molecule has 0 spiro atoms. The highest BCUT2D eigenvalue weighted by molar-refractivity contribution is 9.10. The predicted octanol–water partition coefficient (Wildman–Crippen LogP) is 5.00. The zero-order valence-electron chi connectivity index (χ0n) is 10.7. The molecule has 1 heterocycles. The number of rotatable bonds is 4. The number of benzene rings is 1. The highest BCUT2D eigenvalue weighted by Gasteiger charge is 2.08. The lowest BCUT2D eigenvalue weighted by molar-refractivity contribution is 0.414. The number of ether oxygens (including phenoxy) is 1. The monoisotopic (exact) mass is 325 g/mol. The van der Waals surface area contributed by atoms with Crippen molar-refractivity contribution in [3.05, 3.63) is 44.6 Å². The molecule has 0 aliphatic carbocycles. The van der Waals surface area contributed by atoms with E-state index in [1.807, 2.05) is 23.5 Å². The SMILES string of the molecule is COc1cc(Br)cc(NC(C)c2ccc(C)s2)c1. The van der Waals surface area contributed by atoms with Gasteiger partial charge in [-0.05, 0) is 38.1 Å². The first-order valence-electron chi connectivity index (χ1n) is 5.76. The lowest BCUT2D eigenvalue weighted by Crippen LogP contribution is -2.04. The largest absolute Gasteiger partial charge is 0.497 e. The molecule has 1 aromatic heterocycles. The Hall–Kier alpha value is -1.00. The molecule has 0 aliphatic heterocycles. The van der Waals surface area contributed by atoms with Crippen LogP contribution in [-0.2, 0) is 0 Å². The van der Waals surface area contributed by atoms with Crippen molar-refractivity contribution in [3.63, 3.8) is 0 Å². The van der Waals surface area contributed by atoms with Crippen molar-refractivity contribution in [2.75, 3.05) is 12.4 Å². The van der Waals surface area contributed by atoms with Crippen molar-refractivity contribution in [1.29, 1.82) is 0 Å². The topological polar surface area (TPSA) is 21.3 Å². The molecule has 0 bridgehead atoms. The second kappa shape index (κ2) is 5.76. The van der Waals surface area contributed by atoms with Gasteiger partial charge >= 0.3 is 0 Å². The van der Waals surface area contributed by atoms with E-state index in [4.69, 9.17) is 4.74 Å². The lowest BCUT2D eigenvalue weighted by Gasteiger charge is -2.15. The van der Waals surface area contributed by atoms with Gasteiger partial charge in [0.25, 0.3) is 0 Å². The summed E-state index contributed by atoms with van der Waals surface area (Å²) in [7, 11) is 1.68. The minimum Gasteiger partial charge on any atom is -0.497 e. The molecule has 2 rings (SSSR count). The molecule has 0 fully saturated rings. The van der Waals surface area contributed by atoms with Crippen LogP contribution in [0.2, 0.25) is 0 Å². The van der Waals surface area contributed by atoms with E-state index in [1.165, 1.54) is 9.75 Å². The summed E-state index contributed by atoms with van der Waals surface area (Å²) in [4.78, 5) is 2.68. The summed E-state index contributed by atoms with van der Waals surface area (Å²) in [5.74, 6) is 0.849. The normalized spacial score (nSPS) is 12.2. The van der Waals surface area contributed by atoms with Gasteiger partial charge in [-0.15, -0.1) is 11.3 Å². The number of aryl methyl sites for hydroxylation is 1. The third-order valence-corrected chi connectivity index (χ3v) is 4.32. The van der Waals surface area contributed by atoms with Crippen LogP contribution in [-0.4, -0.2) is 7.11 Å². The second-order valence-electron chi connectivity index (χ2n) is 4.19. The molecule has 0 saturated carbocycles. The van der Waals surface area contributed by atoms with E-state index in [9.17, 15) is 0 Å². The summed E-state index contributed by atoms with van der Waals surface area (Å²) in [6.07, 6.45) is 0. The van der Waals surface area contributed by atoms with Crippen molar-refractivity contribution in [2.45, 2.75) is 19.9 Å². The Bertz CT molecular complexity index is 538. The van der Waals surface area contributed by atoms with Gasteiger partial charge in [0.2, 0.25) is 0 Å². The Morgan fingerprint density at radius 3 is 2.67 bits per heavy atom. The van der Waals surface area contributed by atoms with Crippen LogP contribution in [0.5, 0.6) is 5.75 Å². The first kappa shape index (κ1) is 13.4. The fourth-order valence-corrected chi connectivity index (χ4v) is 3.12. The summed E-state index contributed by atoms with van der Waals surface area (Å²) in [5, 5.41) is 3.49. The van der Waals surface area contributed by atoms with Crippen molar-refractivity contribution < 1.29 is 4.74 Å². The van der Waals surface area contributed by atoms with E-state index in [0.717, 1.165) is 15.9 Å². The quantitative estimate of drug-likeness (QED) is 0.853. The first-order chi connectivity index (χ1) is 8.58. The van der Waals surface area contributed by atoms with Crippen molar-refractivity contribution in [3.8, 4) is 5.75 Å². The van der Waals surface area contributed by atoms with Crippen molar-refractivity contribution >= 4 is 33.0 Å². The number of thiophene rings is 1. The predicted molar refractivity (Wildman–Crippen MR) is 81.8 cm³/mol. The molecule has 0 saturated heterocycles. The van der Waals surface area contributed by atoms with Gasteiger partial charge < -0.3 is 10.1 Å². The van der Waals surface area contributed by atoms with E-state index < -0.39 is 0 Å². The Morgan fingerprint density at radius 2 is 2.06 bits per heavy atom. The summed E-state index contributed by atoms with van der Waals surface area (Å²) in [6, 6.07) is 10.6. The molecule has 1 unspecified atom stereocenters. The van der Waals surface area contributed by atoms with Crippen LogP contribution in [0.1, 0.15) is 22.7 Å². The number of hydrogen-bond acceptors (Lipinski definition) is 3. The number of halogens is 1. The van der Waals surface area contributed by atoms with Crippen LogP contribution < -0.4 is 10.1 Å². The summed E-state index contributed by atoms with van der Waals surface area (Å²) in [6.45, 7) is 4.29. The van der Waals surface area contributed by atoms with Gasteiger partial charge in [-0.3, -0.25) is 0 Å². The third kappa shape index (κ3) is 3.27. The minimum atomic E-state index is 0.294. The van der Waals surface area contributed by atoms with Crippen LogP contribution in [0.25, 0.3) is 0 Å². The second-order valence-corrected chi connectivity index (χ2v) is 6.43. The zero-order chi connectivity index (χ0) is 13.1. The van der Waals surface area contributed by atoms with E-state index in [-0.39, 0.29) is 0 Å². The van der Waals surface area contributed by atoms with Crippen molar-refractivity contribution in [2.24, 2.45) is 0 Å². The summed E-state index contributed by atoms with van der Waals surface area (Å²) in [5.41, 5.74) is 1.06. The van der Waals surface area contributed by atoms with Crippen LogP contribution in [0, 0.1) is 6.92 Å². The summed E-state index contributed by atoms with van der Waals surface area (Å²) < 4.78 is 6.27. The highest BCUT2D eigenvalue weighted by atomic mass is 79.9. The van der Waals surface area contributed by atoms with Gasteiger partial charge in [0.05, 0.1) is 13.2 Å². The Morgan fingerprint density at radius 1 is 1.28 bits per heavy atom. The number of methoxy groups -OCH3 is 1. The fourth-order valence-electron chi connectivity index (χ4n) is 1.77. The molecule has 0 amide bonds. The molecule has 0 aliphatic rings. The molecule has 96 valence electrons. The molecular formula is C14H16BrNOS. The highest BCUT2D eigenvalue weighted by Crippen LogP contribution is 2.29. The van der Waals surface area contributed by atoms with Gasteiger partial charge in [-0.1, -0.05) is 15.9 Å². The number of hydrogen-bond donors (Lipinski definition) is 1. The Kier molecular flexibility index (Phi) is 4.30. The fraction of sp³-hybridized carbons (Fsp3) is 0.286. The molecule has 1 atom stereocenters. The molecule has 2 nitrogen and oxygen atoms in total. The standard InChI is InChI=1S/C14H16BrNOS/c1-9-4-5-14(18-9)10(2)16-12-6-11(15)7-13(8-12)17-3/h4-8,10,16H,1-3H3. The maximum Gasteiger partial charge on any atom is 0.122 e. The molecule has 2 aromatic rings. The van der Waals surface area contributed by atoms with Crippen molar-refractivity contribution in [1.82, 2.24) is 0 Å². The van der Waals surface area contributed by atoms with Gasteiger partial charge in [0.15, 0.2) is 0 Å². The third-order valence-electron chi connectivity index (χ3n) is 2.68. The average Bonchev–Trinajstić information content (AvgIpc) is 2.75. The average molecular weight is 326 g/mol. The Labute approximate surface area is 120 Å².